The predicted molar refractivity (Wildman–Crippen MR) is 68.5 cm³/mol. The molecule has 0 saturated heterocycles. The Morgan fingerprint density at radius 3 is 2.68 bits per heavy atom. The number of carbonyl (C=O) groups is 2. The second-order valence-corrected chi connectivity index (χ2v) is 4.00. The van der Waals surface area contributed by atoms with Crippen LogP contribution in [-0.4, -0.2) is 22.9 Å². The van der Waals surface area contributed by atoms with Crippen molar-refractivity contribution in [3.05, 3.63) is 35.8 Å². The molecule has 0 unspecified atom stereocenters. The van der Waals surface area contributed by atoms with Gasteiger partial charge in [-0.15, -0.1) is 0 Å². The number of Topliss-reactive ketones (excluding diaryl/α,β-unsaturated/α-hetero) is 1. The number of aryl methyl sites for hydroxylation is 1. The van der Waals surface area contributed by atoms with Crippen molar-refractivity contribution in [3.63, 3.8) is 0 Å². The Morgan fingerprint density at radius 1 is 1.32 bits per heavy atom. The standard InChI is InChI=1S/C14H14FNO3/c1-3-16-11-7-5-6-10(15)9(11)8-12(16)13(17)14(18)19-4-2/h5-8H,3-4H2,1-2H3. The highest BCUT2D eigenvalue weighted by atomic mass is 19.1. The van der Waals surface area contributed by atoms with Crippen molar-refractivity contribution in [2.24, 2.45) is 0 Å². The normalized spacial score (nSPS) is 10.7. The van der Waals surface area contributed by atoms with Crippen LogP contribution in [0, 0.1) is 5.82 Å². The Kier molecular flexibility index (Phi) is 3.64. The van der Waals surface area contributed by atoms with E-state index in [4.69, 9.17) is 0 Å². The van der Waals surface area contributed by atoms with Gasteiger partial charge in [-0.25, -0.2) is 9.18 Å². The van der Waals surface area contributed by atoms with E-state index in [-0.39, 0.29) is 12.3 Å². The molecule has 5 heteroatoms. The van der Waals surface area contributed by atoms with Crippen molar-refractivity contribution in [2.75, 3.05) is 6.61 Å². The maximum absolute atomic E-state index is 13.7. The minimum atomic E-state index is -0.916. The second kappa shape index (κ2) is 5.22. The van der Waals surface area contributed by atoms with Gasteiger partial charge in [0, 0.05) is 11.9 Å². The molecular formula is C14H14FNO3. The number of hydrogen-bond acceptors (Lipinski definition) is 3. The summed E-state index contributed by atoms with van der Waals surface area (Å²) in [6, 6.07) is 6.00. The quantitative estimate of drug-likeness (QED) is 0.484. The van der Waals surface area contributed by atoms with E-state index in [0.717, 1.165) is 0 Å². The summed E-state index contributed by atoms with van der Waals surface area (Å²) in [5.41, 5.74) is 0.746. The van der Waals surface area contributed by atoms with Crippen LogP contribution in [0.25, 0.3) is 10.9 Å². The van der Waals surface area contributed by atoms with Gasteiger partial charge in [0.2, 0.25) is 0 Å². The van der Waals surface area contributed by atoms with Crippen molar-refractivity contribution >= 4 is 22.7 Å². The van der Waals surface area contributed by atoms with Crippen molar-refractivity contribution in [1.82, 2.24) is 4.57 Å². The minimum Gasteiger partial charge on any atom is -0.460 e. The molecule has 0 atom stereocenters. The smallest absolute Gasteiger partial charge is 0.381 e. The summed E-state index contributed by atoms with van der Waals surface area (Å²) >= 11 is 0. The Morgan fingerprint density at radius 2 is 2.05 bits per heavy atom. The van der Waals surface area contributed by atoms with Crippen molar-refractivity contribution in [2.45, 2.75) is 20.4 Å². The molecular weight excluding hydrogens is 249 g/mol. The third kappa shape index (κ3) is 2.23. The highest BCUT2D eigenvalue weighted by Crippen LogP contribution is 2.23. The number of fused-ring (bicyclic) bond motifs is 1. The van der Waals surface area contributed by atoms with Crippen LogP contribution in [-0.2, 0) is 16.1 Å². The van der Waals surface area contributed by atoms with E-state index < -0.39 is 17.6 Å². The molecule has 0 fully saturated rings. The molecule has 0 N–H and O–H groups in total. The van der Waals surface area contributed by atoms with Crippen molar-refractivity contribution < 1.29 is 18.7 Å². The topological polar surface area (TPSA) is 48.3 Å². The molecule has 2 rings (SSSR count). The van der Waals surface area contributed by atoms with Crippen LogP contribution in [0.5, 0.6) is 0 Å². The van der Waals surface area contributed by atoms with Crippen molar-refractivity contribution in [3.8, 4) is 0 Å². The molecule has 0 amide bonds. The van der Waals surface area contributed by atoms with Crippen LogP contribution in [0.4, 0.5) is 4.39 Å². The molecule has 19 heavy (non-hydrogen) atoms. The number of ether oxygens (including phenoxy) is 1. The van der Waals surface area contributed by atoms with Crippen LogP contribution in [0.1, 0.15) is 24.3 Å². The summed E-state index contributed by atoms with van der Waals surface area (Å²) in [7, 11) is 0. The fraction of sp³-hybridized carbons (Fsp3) is 0.286. The van der Waals surface area contributed by atoms with Gasteiger partial charge in [0.1, 0.15) is 5.82 Å². The largest absolute Gasteiger partial charge is 0.460 e. The molecule has 1 aromatic carbocycles. The Labute approximate surface area is 109 Å². The number of hydrogen-bond donors (Lipinski definition) is 0. The van der Waals surface area contributed by atoms with Gasteiger partial charge in [0.15, 0.2) is 0 Å². The van der Waals surface area contributed by atoms with E-state index >= 15 is 0 Å². The van der Waals surface area contributed by atoms with Crippen LogP contribution < -0.4 is 0 Å². The third-order valence-electron chi connectivity index (χ3n) is 2.90. The average Bonchev–Trinajstić information content (AvgIpc) is 2.78. The Hall–Kier alpha value is -2.17. The summed E-state index contributed by atoms with van der Waals surface area (Å²) in [5.74, 6) is -2.08. The first-order chi connectivity index (χ1) is 9.10. The molecule has 1 heterocycles. The van der Waals surface area contributed by atoms with Gasteiger partial charge in [-0.1, -0.05) is 6.07 Å². The van der Waals surface area contributed by atoms with Gasteiger partial charge in [0.25, 0.3) is 5.78 Å². The lowest BCUT2D eigenvalue weighted by Crippen LogP contribution is -2.20. The SMILES string of the molecule is CCOC(=O)C(=O)c1cc2c(F)cccc2n1CC. The Bertz CT molecular complexity index is 645. The monoisotopic (exact) mass is 263 g/mol. The Balaban J connectivity index is 2.57. The highest BCUT2D eigenvalue weighted by Gasteiger charge is 2.23. The van der Waals surface area contributed by atoms with E-state index in [2.05, 4.69) is 4.74 Å². The summed E-state index contributed by atoms with van der Waals surface area (Å²) in [6.45, 7) is 4.05. The van der Waals surface area contributed by atoms with Crippen LogP contribution >= 0.6 is 0 Å². The number of aromatic nitrogens is 1. The number of nitrogens with zero attached hydrogens (tertiary/aromatic N) is 1. The lowest BCUT2D eigenvalue weighted by molar-refractivity contribution is -0.137. The van der Waals surface area contributed by atoms with Crippen molar-refractivity contribution in [1.29, 1.82) is 0 Å². The summed E-state index contributed by atoms with van der Waals surface area (Å²) in [5, 5.41) is 0.331. The molecule has 0 aliphatic heterocycles. The molecule has 4 nitrogen and oxygen atoms in total. The number of ketones is 1. The molecule has 0 bridgehead atoms. The number of carbonyl (C=O) groups excluding carboxylic acids is 2. The summed E-state index contributed by atoms with van der Waals surface area (Å²) in [4.78, 5) is 23.5. The first kappa shape index (κ1) is 13.3. The van der Waals surface area contributed by atoms with E-state index in [1.54, 1.807) is 23.6 Å². The van der Waals surface area contributed by atoms with Gasteiger partial charge in [-0.2, -0.15) is 0 Å². The van der Waals surface area contributed by atoms with E-state index in [0.29, 0.717) is 17.4 Å². The maximum atomic E-state index is 13.7. The zero-order valence-electron chi connectivity index (χ0n) is 10.8. The molecule has 0 radical (unpaired) electrons. The highest BCUT2D eigenvalue weighted by molar-refractivity contribution is 6.40. The van der Waals surface area contributed by atoms with Crippen LogP contribution in [0.15, 0.2) is 24.3 Å². The van der Waals surface area contributed by atoms with Gasteiger partial charge >= 0.3 is 5.97 Å². The summed E-state index contributed by atoms with van der Waals surface area (Å²) < 4.78 is 20.0. The first-order valence-corrected chi connectivity index (χ1v) is 6.09. The van der Waals surface area contributed by atoms with Gasteiger partial charge in [0.05, 0.1) is 17.8 Å². The molecule has 0 spiro atoms. The number of benzene rings is 1. The van der Waals surface area contributed by atoms with E-state index in [1.165, 1.54) is 12.1 Å². The van der Waals surface area contributed by atoms with E-state index in [9.17, 15) is 14.0 Å². The summed E-state index contributed by atoms with van der Waals surface area (Å²) in [6.07, 6.45) is 0. The van der Waals surface area contributed by atoms with Crippen LogP contribution in [0.3, 0.4) is 0 Å². The fourth-order valence-corrected chi connectivity index (χ4v) is 2.08. The van der Waals surface area contributed by atoms with Gasteiger partial charge < -0.3 is 9.30 Å². The molecule has 2 aromatic rings. The zero-order valence-corrected chi connectivity index (χ0v) is 10.8. The van der Waals surface area contributed by atoms with Gasteiger partial charge in [-0.3, -0.25) is 4.79 Å². The number of rotatable bonds is 4. The molecule has 100 valence electrons. The molecule has 0 aliphatic rings. The number of halogens is 1. The fourth-order valence-electron chi connectivity index (χ4n) is 2.08. The lowest BCUT2D eigenvalue weighted by atomic mass is 10.2. The van der Waals surface area contributed by atoms with Crippen LogP contribution in [0.2, 0.25) is 0 Å². The van der Waals surface area contributed by atoms with E-state index in [1.807, 2.05) is 6.92 Å². The first-order valence-electron chi connectivity index (χ1n) is 6.09. The minimum absolute atomic E-state index is 0.130. The predicted octanol–water partition coefficient (Wildman–Crippen LogP) is 2.55. The lowest BCUT2D eigenvalue weighted by Gasteiger charge is -2.06. The number of esters is 1. The molecule has 0 saturated carbocycles. The molecule has 0 aliphatic carbocycles. The zero-order chi connectivity index (χ0) is 14.0. The third-order valence-corrected chi connectivity index (χ3v) is 2.90. The van der Waals surface area contributed by atoms with Gasteiger partial charge in [-0.05, 0) is 32.0 Å². The maximum Gasteiger partial charge on any atom is 0.381 e. The average molecular weight is 263 g/mol. The second-order valence-electron chi connectivity index (χ2n) is 4.00. The molecule has 1 aromatic heterocycles.